The molecule has 0 aliphatic carbocycles. The highest BCUT2D eigenvalue weighted by Crippen LogP contribution is 2.35. The molecule has 1 saturated heterocycles. The first-order valence-electron chi connectivity index (χ1n) is 8.73. The third kappa shape index (κ3) is 4.49. The summed E-state index contributed by atoms with van der Waals surface area (Å²) in [4.78, 5) is 26.9. The van der Waals surface area contributed by atoms with Crippen molar-refractivity contribution in [3.8, 4) is 0 Å². The molecular weight excluding hydrogens is 304 g/mol. The number of esters is 1. The zero-order valence-electron chi connectivity index (χ0n) is 14.9. The van der Waals surface area contributed by atoms with E-state index in [0.29, 0.717) is 26.1 Å². The zero-order valence-corrected chi connectivity index (χ0v) is 14.9. The molecule has 0 saturated carbocycles. The second-order valence-corrected chi connectivity index (χ2v) is 6.79. The van der Waals surface area contributed by atoms with Crippen LogP contribution in [0.4, 0.5) is 4.79 Å². The first kappa shape index (κ1) is 18.3. The molecule has 1 aromatic rings. The molecule has 1 heterocycles. The van der Waals surface area contributed by atoms with E-state index in [1.54, 1.807) is 4.90 Å². The maximum atomic E-state index is 12.7. The zero-order chi connectivity index (χ0) is 17.6. The van der Waals surface area contributed by atoms with Crippen molar-refractivity contribution in [2.24, 2.45) is 5.41 Å². The Kier molecular flexibility index (Phi) is 6.23. The smallest absolute Gasteiger partial charge is 0.317 e. The van der Waals surface area contributed by atoms with Crippen molar-refractivity contribution in [1.82, 2.24) is 10.2 Å². The minimum absolute atomic E-state index is 0.0746. The maximum Gasteiger partial charge on any atom is 0.317 e. The predicted molar refractivity (Wildman–Crippen MR) is 93.7 cm³/mol. The van der Waals surface area contributed by atoms with E-state index >= 15 is 0 Å². The Balaban J connectivity index is 2.21. The van der Waals surface area contributed by atoms with Crippen LogP contribution in [-0.4, -0.2) is 42.6 Å². The maximum absolute atomic E-state index is 12.7. The second-order valence-electron chi connectivity index (χ2n) is 6.79. The van der Waals surface area contributed by atoms with E-state index in [4.69, 9.17) is 4.74 Å². The van der Waals surface area contributed by atoms with Gasteiger partial charge in [-0.25, -0.2) is 4.79 Å². The van der Waals surface area contributed by atoms with Gasteiger partial charge in [-0.1, -0.05) is 30.3 Å². The molecule has 0 radical (unpaired) electrons. The number of carbonyl (C=O) groups excluding carboxylic acids is 2. The van der Waals surface area contributed by atoms with Gasteiger partial charge in [-0.3, -0.25) is 4.79 Å². The van der Waals surface area contributed by atoms with Crippen molar-refractivity contribution < 1.29 is 14.3 Å². The average molecular weight is 332 g/mol. The van der Waals surface area contributed by atoms with Crippen LogP contribution < -0.4 is 5.32 Å². The molecule has 1 fully saturated rings. The molecule has 1 aromatic carbocycles. The molecule has 1 atom stereocenters. The molecule has 2 rings (SSSR count). The number of likely N-dealkylation sites (tertiary alicyclic amines) is 1. The van der Waals surface area contributed by atoms with Crippen LogP contribution in [0.15, 0.2) is 30.3 Å². The number of rotatable bonds is 5. The summed E-state index contributed by atoms with van der Waals surface area (Å²) >= 11 is 0. The van der Waals surface area contributed by atoms with Crippen LogP contribution in [-0.2, 0) is 16.0 Å². The molecule has 0 bridgehead atoms. The van der Waals surface area contributed by atoms with Crippen LogP contribution in [0.3, 0.4) is 0 Å². The number of ether oxygens (including phenoxy) is 1. The van der Waals surface area contributed by atoms with Gasteiger partial charge in [0.25, 0.3) is 0 Å². The Morgan fingerprint density at radius 1 is 1.29 bits per heavy atom. The molecule has 0 unspecified atom stereocenters. The van der Waals surface area contributed by atoms with Crippen molar-refractivity contribution >= 4 is 12.0 Å². The molecule has 24 heavy (non-hydrogen) atoms. The van der Waals surface area contributed by atoms with Crippen LogP contribution in [0, 0.1) is 5.41 Å². The van der Waals surface area contributed by atoms with Crippen LogP contribution in [0.1, 0.15) is 39.2 Å². The molecule has 0 spiro atoms. The normalized spacial score (nSPS) is 20.8. The fraction of sp³-hybridized carbons (Fsp3) is 0.579. The average Bonchev–Trinajstić information content (AvgIpc) is 2.55. The Morgan fingerprint density at radius 2 is 2.00 bits per heavy atom. The highest BCUT2D eigenvalue weighted by molar-refractivity contribution is 5.80. The van der Waals surface area contributed by atoms with E-state index < -0.39 is 5.41 Å². The van der Waals surface area contributed by atoms with Gasteiger partial charge in [0.2, 0.25) is 0 Å². The first-order chi connectivity index (χ1) is 11.5. The van der Waals surface area contributed by atoms with Crippen LogP contribution in [0.2, 0.25) is 0 Å². The van der Waals surface area contributed by atoms with Gasteiger partial charge in [0.1, 0.15) is 0 Å². The summed E-state index contributed by atoms with van der Waals surface area (Å²) in [5, 5.41) is 2.92. The Hall–Kier alpha value is -2.04. The standard InChI is InChI=1S/C19H28N2O3/c1-4-24-17(22)19(13-16-9-6-5-7-10-16)11-8-12-21(14-19)18(23)20-15(2)3/h5-7,9-10,15H,4,8,11-14H2,1-3H3,(H,20,23)/t19-/m0/s1. The summed E-state index contributed by atoms with van der Waals surface area (Å²) in [7, 11) is 0. The van der Waals surface area contributed by atoms with Gasteiger partial charge in [0.05, 0.1) is 12.0 Å². The highest BCUT2D eigenvalue weighted by Gasteiger charge is 2.44. The minimum atomic E-state index is -0.663. The molecule has 1 aliphatic rings. The molecular formula is C19H28N2O3. The van der Waals surface area contributed by atoms with Crippen LogP contribution >= 0.6 is 0 Å². The van der Waals surface area contributed by atoms with Gasteiger partial charge < -0.3 is 15.0 Å². The molecule has 5 nitrogen and oxygen atoms in total. The third-order valence-electron chi connectivity index (χ3n) is 4.37. The lowest BCUT2D eigenvalue weighted by Gasteiger charge is -2.41. The Morgan fingerprint density at radius 3 is 2.62 bits per heavy atom. The summed E-state index contributed by atoms with van der Waals surface area (Å²) in [6.07, 6.45) is 2.14. The van der Waals surface area contributed by atoms with E-state index in [1.165, 1.54) is 0 Å². The quantitative estimate of drug-likeness (QED) is 0.843. The lowest BCUT2D eigenvalue weighted by molar-refractivity contribution is -0.158. The molecule has 132 valence electrons. The van der Waals surface area contributed by atoms with Gasteiger partial charge in [-0.15, -0.1) is 0 Å². The van der Waals surface area contributed by atoms with Gasteiger partial charge in [0, 0.05) is 19.1 Å². The highest BCUT2D eigenvalue weighted by atomic mass is 16.5. The second kappa shape index (κ2) is 8.18. The fourth-order valence-electron chi connectivity index (χ4n) is 3.30. The lowest BCUT2D eigenvalue weighted by Crippen LogP contribution is -2.54. The molecule has 2 amide bonds. The van der Waals surface area contributed by atoms with Crippen molar-refractivity contribution in [3.63, 3.8) is 0 Å². The van der Waals surface area contributed by atoms with Crippen molar-refractivity contribution in [3.05, 3.63) is 35.9 Å². The number of carbonyl (C=O) groups is 2. The predicted octanol–water partition coefficient (Wildman–Crippen LogP) is 2.99. The van der Waals surface area contributed by atoms with Crippen LogP contribution in [0.5, 0.6) is 0 Å². The monoisotopic (exact) mass is 332 g/mol. The number of hydrogen-bond acceptors (Lipinski definition) is 3. The van der Waals surface area contributed by atoms with Crippen molar-refractivity contribution in [2.75, 3.05) is 19.7 Å². The number of hydrogen-bond donors (Lipinski definition) is 1. The van der Waals surface area contributed by atoms with Crippen LogP contribution in [0.25, 0.3) is 0 Å². The largest absolute Gasteiger partial charge is 0.466 e. The molecule has 1 N–H and O–H groups in total. The number of benzene rings is 1. The van der Waals surface area contributed by atoms with Gasteiger partial charge in [0.15, 0.2) is 0 Å². The number of nitrogens with one attached hydrogen (secondary N) is 1. The summed E-state index contributed by atoms with van der Waals surface area (Å²) < 4.78 is 5.37. The molecule has 5 heteroatoms. The fourth-order valence-corrected chi connectivity index (χ4v) is 3.30. The van der Waals surface area contributed by atoms with E-state index in [1.807, 2.05) is 51.1 Å². The lowest BCUT2D eigenvalue weighted by atomic mass is 9.75. The van der Waals surface area contributed by atoms with E-state index in [9.17, 15) is 9.59 Å². The number of nitrogens with zero attached hydrogens (tertiary/aromatic N) is 1. The van der Waals surface area contributed by atoms with Gasteiger partial charge in [-0.2, -0.15) is 0 Å². The third-order valence-corrected chi connectivity index (χ3v) is 4.37. The summed E-state index contributed by atoms with van der Waals surface area (Å²) in [6, 6.07) is 9.92. The SMILES string of the molecule is CCOC(=O)[C@]1(Cc2ccccc2)CCCN(C(=O)NC(C)C)C1. The summed E-state index contributed by atoms with van der Waals surface area (Å²) in [5.74, 6) is -0.198. The van der Waals surface area contributed by atoms with Gasteiger partial charge >= 0.3 is 12.0 Å². The number of urea groups is 1. The Labute approximate surface area is 144 Å². The van der Waals surface area contributed by atoms with Crippen molar-refractivity contribution in [2.45, 2.75) is 46.1 Å². The number of piperidine rings is 1. The van der Waals surface area contributed by atoms with E-state index in [2.05, 4.69) is 5.32 Å². The van der Waals surface area contributed by atoms with Gasteiger partial charge in [-0.05, 0) is 45.6 Å². The summed E-state index contributed by atoms with van der Waals surface area (Å²) in [6.45, 7) is 7.12. The topological polar surface area (TPSA) is 58.6 Å². The van der Waals surface area contributed by atoms with E-state index in [0.717, 1.165) is 18.4 Å². The van der Waals surface area contributed by atoms with E-state index in [-0.39, 0.29) is 18.0 Å². The molecule has 0 aromatic heterocycles. The first-order valence-corrected chi connectivity index (χ1v) is 8.73. The van der Waals surface area contributed by atoms with Crippen molar-refractivity contribution in [1.29, 1.82) is 0 Å². The minimum Gasteiger partial charge on any atom is -0.466 e. The molecule has 1 aliphatic heterocycles. The summed E-state index contributed by atoms with van der Waals surface area (Å²) in [5.41, 5.74) is 0.431. The Bertz CT molecular complexity index is 559. The number of amides is 2.